The Morgan fingerprint density at radius 3 is 2.47 bits per heavy atom. The first-order chi connectivity index (χ1) is 14.1. The lowest BCUT2D eigenvalue weighted by atomic mass is 9.57. The molecule has 3 saturated carbocycles. The maximum Gasteiger partial charge on any atom is 0.0275 e. The minimum atomic E-state index is -0.0968. The van der Waals surface area contributed by atoms with Crippen molar-refractivity contribution < 1.29 is 0 Å². The van der Waals surface area contributed by atoms with Crippen molar-refractivity contribution in [2.24, 2.45) is 40.7 Å². The molecule has 0 saturated heterocycles. The molecular formula is C29H47N. The molecule has 0 heterocycles. The molecule has 0 aromatic rings. The molecule has 168 valence electrons. The zero-order valence-corrected chi connectivity index (χ0v) is 20.6. The highest BCUT2D eigenvalue weighted by atomic mass is 14.9. The van der Waals surface area contributed by atoms with Gasteiger partial charge in [0.1, 0.15) is 0 Å². The fourth-order valence-electron chi connectivity index (χ4n) is 6.43. The molecule has 3 rings (SSSR count). The summed E-state index contributed by atoms with van der Waals surface area (Å²) in [5.41, 5.74) is 11.9. The summed E-state index contributed by atoms with van der Waals surface area (Å²) in [5.74, 6) is 3.15. The van der Waals surface area contributed by atoms with Gasteiger partial charge in [-0.25, -0.2) is 0 Å². The molecule has 1 nitrogen and oxygen atoms in total. The van der Waals surface area contributed by atoms with Crippen molar-refractivity contribution >= 4 is 0 Å². The number of rotatable bonds is 5. The molecule has 0 spiro atoms. The summed E-state index contributed by atoms with van der Waals surface area (Å²) in [6, 6.07) is 0. The Morgan fingerprint density at radius 1 is 1.03 bits per heavy atom. The van der Waals surface area contributed by atoms with Crippen molar-refractivity contribution in [2.45, 2.75) is 98.4 Å². The Kier molecular flexibility index (Phi) is 7.22. The minimum Gasteiger partial charge on any atom is -0.324 e. The first-order valence-electron chi connectivity index (χ1n) is 12.6. The predicted octanol–water partition coefficient (Wildman–Crippen LogP) is 8.00. The molecule has 3 fully saturated rings. The van der Waals surface area contributed by atoms with Crippen LogP contribution in [0.3, 0.4) is 0 Å². The molecule has 0 aliphatic heterocycles. The van der Waals surface area contributed by atoms with E-state index in [1.165, 1.54) is 56.1 Å². The van der Waals surface area contributed by atoms with Crippen LogP contribution >= 0.6 is 0 Å². The SMILES string of the molecule is C=C1CC[C@H](C)C/C1=C/C=C1\CCC[C@@]2(C)[C@H]1CC[C@]2(N)[C@H](C)/C=C/[C@H](C)C(C)C. The molecule has 3 aliphatic rings. The van der Waals surface area contributed by atoms with Crippen LogP contribution in [0.4, 0.5) is 0 Å². The van der Waals surface area contributed by atoms with E-state index < -0.39 is 0 Å². The van der Waals surface area contributed by atoms with E-state index in [4.69, 9.17) is 5.73 Å². The normalized spacial score (nSPS) is 39.8. The van der Waals surface area contributed by atoms with Crippen LogP contribution < -0.4 is 5.73 Å². The van der Waals surface area contributed by atoms with E-state index in [1.54, 1.807) is 5.57 Å². The van der Waals surface area contributed by atoms with Gasteiger partial charge in [0.05, 0.1) is 0 Å². The summed E-state index contributed by atoms with van der Waals surface area (Å²) < 4.78 is 0. The quantitative estimate of drug-likeness (QED) is 0.457. The second-order valence-corrected chi connectivity index (χ2v) is 11.6. The van der Waals surface area contributed by atoms with E-state index in [0.29, 0.717) is 23.7 Å². The van der Waals surface area contributed by atoms with Crippen molar-refractivity contribution in [3.63, 3.8) is 0 Å². The first kappa shape index (κ1) is 23.6. The van der Waals surface area contributed by atoms with Gasteiger partial charge in [-0.05, 0) is 91.9 Å². The number of hydrogen-bond acceptors (Lipinski definition) is 1. The summed E-state index contributed by atoms with van der Waals surface area (Å²) in [6.45, 7) is 18.5. The molecule has 30 heavy (non-hydrogen) atoms. The fourth-order valence-corrected chi connectivity index (χ4v) is 6.43. The molecule has 0 amide bonds. The second-order valence-electron chi connectivity index (χ2n) is 11.6. The Labute approximate surface area is 187 Å². The minimum absolute atomic E-state index is 0.0968. The second kappa shape index (κ2) is 9.19. The van der Waals surface area contributed by atoms with Crippen molar-refractivity contribution in [2.75, 3.05) is 0 Å². The number of allylic oxidation sites excluding steroid dienone is 6. The van der Waals surface area contributed by atoms with Crippen molar-refractivity contribution in [1.82, 2.24) is 0 Å². The maximum absolute atomic E-state index is 7.29. The molecule has 0 aromatic heterocycles. The predicted molar refractivity (Wildman–Crippen MR) is 132 cm³/mol. The van der Waals surface area contributed by atoms with Gasteiger partial charge >= 0.3 is 0 Å². The van der Waals surface area contributed by atoms with Crippen LogP contribution in [0.5, 0.6) is 0 Å². The molecule has 2 N–H and O–H groups in total. The molecule has 0 unspecified atom stereocenters. The summed E-state index contributed by atoms with van der Waals surface area (Å²) in [6.07, 6.45) is 19.6. The number of fused-ring (bicyclic) bond motifs is 1. The number of nitrogens with two attached hydrogens (primary N) is 1. The van der Waals surface area contributed by atoms with Crippen LogP contribution in [-0.4, -0.2) is 5.54 Å². The van der Waals surface area contributed by atoms with E-state index in [1.807, 2.05) is 0 Å². The van der Waals surface area contributed by atoms with Gasteiger partial charge in [-0.3, -0.25) is 0 Å². The van der Waals surface area contributed by atoms with Crippen LogP contribution in [-0.2, 0) is 0 Å². The maximum atomic E-state index is 7.29. The van der Waals surface area contributed by atoms with Crippen molar-refractivity contribution in [3.05, 3.63) is 47.6 Å². The highest BCUT2D eigenvalue weighted by molar-refractivity contribution is 5.36. The molecule has 0 radical (unpaired) electrons. The van der Waals surface area contributed by atoms with E-state index >= 15 is 0 Å². The standard InChI is InChI=1S/C29H47N/c1-20(2)22(4)12-13-24(6)29(30)18-16-27-25(9-8-17-28(27,29)7)14-15-26-19-21(3)10-11-23(26)5/h12-15,20-22,24,27H,5,8-11,16-19,30H2,1-4,6-7H3/b13-12+,25-14+,26-15-/t21-,22-,24+,27-,28-,29-/m0/s1. The molecule has 6 atom stereocenters. The third kappa shape index (κ3) is 4.43. The van der Waals surface area contributed by atoms with Gasteiger partial charge in [0, 0.05) is 5.54 Å². The van der Waals surface area contributed by atoms with Crippen molar-refractivity contribution in [1.29, 1.82) is 0 Å². The third-order valence-corrected chi connectivity index (χ3v) is 9.32. The van der Waals surface area contributed by atoms with E-state index in [-0.39, 0.29) is 11.0 Å². The average molecular weight is 410 g/mol. The lowest BCUT2D eigenvalue weighted by Gasteiger charge is -2.50. The zero-order valence-electron chi connectivity index (χ0n) is 20.6. The Morgan fingerprint density at radius 2 is 1.77 bits per heavy atom. The van der Waals surface area contributed by atoms with Crippen molar-refractivity contribution in [3.8, 4) is 0 Å². The van der Waals surface area contributed by atoms with Gasteiger partial charge in [0.2, 0.25) is 0 Å². The molecule has 0 bridgehead atoms. The monoisotopic (exact) mass is 409 g/mol. The summed E-state index contributed by atoms with van der Waals surface area (Å²) >= 11 is 0. The Hall–Kier alpha value is -1.08. The highest BCUT2D eigenvalue weighted by Gasteiger charge is 2.58. The van der Waals surface area contributed by atoms with E-state index in [9.17, 15) is 0 Å². The highest BCUT2D eigenvalue weighted by Crippen LogP contribution is 2.60. The van der Waals surface area contributed by atoms with Gasteiger partial charge in [-0.15, -0.1) is 0 Å². The Balaban J connectivity index is 1.82. The van der Waals surface area contributed by atoms with Gasteiger partial charge in [-0.1, -0.05) is 83.6 Å². The first-order valence-corrected chi connectivity index (χ1v) is 12.6. The topological polar surface area (TPSA) is 26.0 Å². The largest absolute Gasteiger partial charge is 0.324 e. The van der Waals surface area contributed by atoms with E-state index in [2.05, 4.69) is 72.4 Å². The van der Waals surface area contributed by atoms with Gasteiger partial charge < -0.3 is 5.73 Å². The lowest BCUT2D eigenvalue weighted by Crippen LogP contribution is -2.57. The van der Waals surface area contributed by atoms with E-state index in [0.717, 1.165) is 12.3 Å². The molecule has 0 aromatic carbocycles. The van der Waals surface area contributed by atoms with Crippen LogP contribution in [0.15, 0.2) is 47.6 Å². The summed E-state index contributed by atoms with van der Waals surface area (Å²) in [5, 5.41) is 0. The summed E-state index contributed by atoms with van der Waals surface area (Å²) in [7, 11) is 0. The third-order valence-electron chi connectivity index (χ3n) is 9.32. The summed E-state index contributed by atoms with van der Waals surface area (Å²) in [4.78, 5) is 0. The lowest BCUT2D eigenvalue weighted by molar-refractivity contribution is 0.0806. The fraction of sp³-hybridized carbons (Fsp3) is 0.724. The van der Waals surface area contributed by atoms with Gasteiger partial charge in [0.15, 0.2) is 0 Å². The average Bonchev–Trinajstić information content (AvgIpc) is 2.98. The Bertz CT molecular complexity index is 723. The molecule has 3 aliphatic carbocycles. The van der Waals surface area contributed by atoms with Crippen LogP contribution in [0.1, 0.15) is 92.9 Å². The molecule has 1 heteroatoms. The smallest absolute Gasteiger partial charge is 0.0275 e. The van der Waals surface area contributed by atoms with Crippen LogP contribution in [0, 0.1) is 35.0 Å². The van der Waals surface area contributed by atoms with Crippen LogP contribution in [0.25, 0.3) is 0 Å². The van der Waals surface area contributed by atoms with Gasteiger partial charge in [0.25, 0.3) is 0 Å². The number of hydrogen-bond donors (Lipinski definition) is 1. The molecular weight excluding hydrogens is 362 g/mol. The van der Waals surface area contributed by atoms with Gasteiger partial charge in [-0.2, -0.15) is 0 Å². The van der Waals surface area contributed by atoms with Crippen LogP contribution in [0.2, 0.25) is 0 Å². The zero-order chi connectivity index (χ0) is 22.1.